The van der Waals surface area contributed by atoms with E-state index in [1.165, 1.54) is 4.31 Å². The van der Waals surface area contributed by atoms with Crippen molar-refractivity contribution in [1.82, 2.24) is 10.2 Å². The fourth-order valence-electron chi connectivity index (χ4n) is 3.60. The van der Waals surface area contributed by atoms with E-state index in [0.717, 1.165) is 28.3 Å². The van der Waals surface area contributed by atoms with Crippen LogP contribution in [0.3, 0.4) is 0 Å². The largest absolute Gasteiger partial charge is 0.354 e. The summed E-state index contributed by atoms with van der Waals surface area (Å²) in [6, 6.07) is 12.0. The lowest BCUT2D eigenvalue weighted by Crippen LogP contribution is -2.47. The van der Waals surface area contributed by atoms with E-state index >= 15 is 0 Å². The zero-order valence-electron chi connectivity index (χ0n) is 20.6. The van der Waals surface area contributed by atoms with Crippen LogP contribution in [0.25, 0.3) is 0 Å². The number of hydrogen-bond acceptors (Lipinski definition) is 4. The van der Waals surface area contributed by atoms with Crippen LogP contribution in [0.2, 0.25) is 5.02 Å². The second kappa shape index (κ2) is 13.3. The van der Waals surface area contributed by atoms with Crippen LogP contribution in [0.1, 0.15) is 44.2 Å². The van der Waals surface area contributed by atoms with Crippen molar-refractivity contribution >= 4 is 55.1 Å². The lowest BCUT2D eigenvalue weighted by molar-refractivity contribution is -0.140. The van der Waals surface area contributed by atoms with Crippen LogP contribution >= 0.6 is 27.5 Å². The van der Waals surface area contributed by atoms with E-state index in [-0.39, 0.29) is 37.7 Å². The van der Waals surface area contributed by atoms with Crippen molar-refractivity contribution in [3.05, 3.63) is 63.1 Å². The Morgan fingerprint density at radius 1 is 1.14 bits per heavy atom. The number of nitrogens with zero attached hydrogens (tertiary/aromatic N) is 2. The van der Waals surface area contributed by atoms with Crippen LogP contribution in [0.15, 0.2) is 46.9 Å². The third-order valence-corrected chi connectivity index (χ3v) is 7.52. The Morgan fingerprint density at radius 3 is 2.40 bits per heavy atom. The fourth-order valence-corrected chi connectivity index (χ4v) is 5.04. The Balaban J connectivity index is 2.18. The number of carbonyl (C=O) groups is 2. The Labute approximate surface area is 222 Å². The Hall–Kier alpha value is -2.10. The van der Waals surface area contributed by atoms with Gasteiger partial charge in [-0.1, -0.05) is 52.7 Å². The van der Waals surface area contributed by atoms with Gasteiger partial charge in [0.2, 0.25) is 21.8 Å². The average Bonchev–Trinajstić information content (AvgIpc) is 2.80. The molecule has 0 saturated carbocycles. The van der Waals surface area contributed by atoms with Gasteiger partial charge < -0.3 is 10.2 Å². The van der Waals surface area contributed by atoms with Gasteiger partial charge in [0.05, 0.1) is 11.9 Å². The molecule has 35 heavy (non-hydrogen) atoms. The molecule has 1 N–H and O–H groups in total. The van der Waals surface area contributed by atoms with Crippen molar-refractivity contribution in [3.8, 4) is 0 Å². The van der Waals surface area contributed by atoms with Crippen molar-refractivity contribution in [2.24, 2.45) is 0 Å². The number of amides is 2. The zero-order chi connectivity index (χ0) is 26.2. The summed E-state index contributed by atoms with van der Waals surface area (Å²) in [6.45, 7) is 6.41. The van der Waals surface area contributed by atoms with Crippen LogP contribution in [0.5, 0.6) is 0 Å². The Kier molecular flexibility index (Phi) is 11.0. The summed E-state index contributed by atoms with van der Waals surface area (Å²) < 4.78 is 27.2. The van der Waals surface area contributed by atoms with Crippen molar-refractivity contribution in [1.29, 1.82) is 0 Å². The van der Waals surface area contributed by atoms with Crippen molar-refractivity contribution < 1.29 is 18.0 Å². The molecule has 2 rings (SSSR count). The molecular weight excluding hydrogens is 554 g/mol. The van der Waals surface area contributed by atoms with E-state index in [2.05, 4.69) is 21.2 Å². The van der Waals surface area contributed by atoms with Gasteiger partial charge in [-0.15, -0.1) is 0 Å². The van der Waals surface area contributed by atoms with E-state index < -0.39 is 16.1 Å². The molecule has 0 radical (unpaired) electrons. The standard InChI is InChI=1S/C25H33BrClN3O4S/c1-5-14-28-25(32)19(3)29(17-20-9-11-21(26)12-10-20)24(31)7-6-15-30(35(4,33)34)23-16-22(27)13-8-18(23)2/h8-13,16,19H,5-7,14-15,17H2,1-4H3,(H,28,32)/t19-/m1/s1. The first kappa shape index (κ1) is 29.1. The van der Waals surface area contributed by atoms with Gasteiger partial charge in [0, 0.05) is 35.6 Å². The van der Waals surface area contributed by atoms with Crippen LogP contribution in [-0.4, -0.2) is 50.5 Å². The van der Waals surface area contributed by atoms with E-state index in [0.29, 0.717) is 17.3 Å². The molecule has 0 aliphatic heterocycles. The number of benzene rings is 2. The number of carbonyl (C=O) groups excluding carboxylic acids is 2. The SMILES string of the molecule is CCCNC(=O)[C@@H](C)N(Cc1ccc(Br)cc1)C(=O)CCCN(c1cc(Cl)ccc1C)S(C)(=O)=O. The summed E-state index contributed by atoms with van der Waals surface area (Å²) in [5.41, 5.74) is 2.15. The number of hydrogen-bond donors (Lipinski definition) is 1. The molecule has 192 valence electrons. The lowest BCUT2D eigenvalue weighted by atomic mass is 10.1. The van der Waals surface area contributed by atoms with E-state index in [1.54, 1.807) is 30.0 Å². The number of halogens is 2. The minimum absolute atomic E-state index is 0.0908. The molecule has 7 nitrogen and oxygen atoms in total. The van der Waals surface area contributed by atoms with Gasteiger partial charge in [-0.25, -0.2) is 8.42 Å². The summed E-state index contributed by atoms with van der Waals surface area (Å²) >= 11 is 9.51. The lowest BCUT2D eigenvalue weighted by Gasteiger charge is -2.29. The van der Waals surface area contributed by atoms with Gasteiger partial charge in [0.15, 0.2) is 0 Å². The average molecular weight is 587 g/mol. The number of nitrogens with one attached hydrogen (secondary N) is 1. The molecule has 0 aromatic heterocycles. The molecule has 10 heteroatoms. The molecule has 0 aliphatic carbocycles. The molecule has 0 spiro atoms. The number of aryl methyl sites for hydroxylation is 1. The summed E-state index contributed by atoms with van der Waals surface area (Å²) in [5, 5.41) is 3.28. The van der Waals surface area contributed by atoms with Crippen LogP contribution in [0.4, 0.5) is 5.69 Å². The Bertz CT molecular complexity index is 1130. The molecule has 1 atom stereocenters. The van der Waals surface area contributed by atoms with Gasteiger partial charge in [0.25, 0.3) is 0 Å². The Morgan fingerprint density at radius 2 is 1.80 bits per heavy atom. The molecule has 0 saturated heterocycles. The quantitative estimate of drug-likeness (QED) is 0.383. The molecule has 2 aromatic carbocycles. The normalized spacial score (nSPS) is 12.2. The van der Waals surface area contributed by atoms with Gasteiger partial charge in [0.1, 0.15) is 6.04 Å². The third kappa shape index (κ3) is 8.81. The molecule has 0 fully saturated rings. The van der Waals surface area contributed by atoms with Crippen molar-refractivity contribution in [3.63, 3.8) is 0 Å². The molecule has 0 bridgehead atoms. The topological polar surface area (TPSA) is 86.8 Å². The number of sulfonamides is 1. The zero-order valence-corrected chi connectivity index (χ0v) is 23.7. The maximum Gasteiger partial charge on any atom is 0.242 e. The summed E-state index contributed by atoms with van der Waals surface area (Å²) in [5.74, 6) is -0.437. The first-order valence-electron chi connectivity index (χ1n) is 11.5. The van der Waals surface area contributed by atoms with Crippen LogP contribution in [-0.2, 0) is 26.2 Å². The monoisotopic (exact) mass is 585 g/mol. The molecular formula is C25H33BrClN3O4S. The molecule has 0 unspecified atom stereocenters. The highest BCUT2D eigenvalue weighted by Crippen LogP contribution is 2.27. The minimum Gasteiger partial charge on any atom is -0.354 e. The number of rotatable bonds is 12. The summed E-state index contributed by atoms with van der Waals surface area (Å²) in [4.78, 5) is 27.5. The maximum atomic E-state index is 13.3. The smallest absolute Gasteiger partial charge is 0.242 e. The number of anilines is 1. The third-order valence-electron chi connectivity index (χ3n) is 5.57. The first-order valence-corrected chi connectivity index (χ1v) is 14.5. The summed E-state index contributed by atoms with van der Waals surface area (Å²) in [7, 11) is -3.59. The minimum atomic E-state index is -3.59. The van der Waals surface area contributed by atoms with E-state index in [1.807, 2.05) is 38.1 Å². The van der Waals surface area contributed by atoms with Gasteiger partial charge in [-0.05, 0) is 62.1 Å². The molecule has 0 heterocycles. The maximum absolute atomic E-state index is 13.3. The highest BCUT2D eigenvalue weighted by atomic mass is 79.9. The molecule has 0 aliphatic rings. The predicted molar refractivity (Wildman–Crippen MR) is 145 cm³/mol. The van der Waals surface area contributed by atoms with E-state index in [9.17, 15) is 18.0 Å². The highest BCUT2D eigenvalue weighted by Gasteiger charge is 2.26. The fraction of sp³-hybridized carbons (Fsp3) is 0.440. The van der Waals surface area contributed by atoms with Crippen LogP contribution < -0.4 is 9.62 Å². The van der Waals surface area contributed by atoms with E-state index in [4.69, 9.17) is 11.6 Å². The summed E-state index contributed by atoms with van der Waals surface area (Å²) in [6.07, 6.45) is 2.31. The molecule has 2 amide bonds. The predicted octanol–water partition coefficient (Wildman–Crippen LogP) is 4.90. The highest BCUT2D eigenvalue weighted by molar-refractivity contribution is 9.10. The van der Waals surface area contributed by atoms with Gasteiger partial charge in [-0.3, -0.25) is 13.9 Å². The van der Waals surface area contributed by atoms with Crippen LogP contribution in [0, 0.1) is 6.92 Å². The first-order chi connectivity index (χ1) is 16.4. The van der Waals surface area contributed by atoms with Gasteiger partial charge in [-0.2, -0.15) is 0 Å². The van der Waals surface area contributed by atoms with Crippen molar-refractivity contribution in [2.45, 2.75) is 52.6 Å². The van der Waals surface area contributed by atoms with Crippen molar-refractivity contribution in [2.75, 3.05) is 23.7 Å². The molecule has 2 aromatic rings. The second-order valence-corrected chi connectivity index (χ2v) is 11.7. The second-order valence-electron chi connectivity index (χ2n) is 8.48. The van der Waals surface area contributed by atoms with Gasteiger partial charge >= 0.3 is 0 Å².